The fraction of sp³-hybridized carbons (Fsp3) is 0.462. The molecule has 1 unspecified atom stereocenters. The minimum absolute atomic E-state index is 0.182. The second-order valence-corrected chi connectivity index (χ2v) is 7.55. The maximum Gasteiger partial charge on any atom is 0.321 e. The van der Waals surface area contributed by atoms with Crippen LogP contribution in [0.3, 0.4) is 0 Å². The first kappa shape index (κ1) is 25.2. The van der Waals surface area contributed by atoms with Crippen LogP contribution in [0.15, 0.2) is 42.5 Å². The highest BCUT2D eigenvalue weighted by molar-refractivity contribution is 6.15. The van der Waals surface area contributed by atoms with E-state index in [1.807, 2.05) is 6.07 Å². The molecule has 0 saturated heterocycles. The van der Waals surface area contributed by atoms with Gasteiger partial charge in [0.2, 0.25) is 0 Å². The van der Waals surface area contributed by atoms with Crippen LogP contribution >= 0.6 is 0 Å². The number of rotatable bonds is 14. The molecule has 0 aliphatic rings. The van der Waals surface area contributed by atoms with E-state index < -0.39 is 17.7 Å². The third-order valence-corrected chi connectivity index (χ3v) is 5.33. The Kier molecular flexibility index (Phi) is 10.6. The van der Waals surface area contributed by atoms with Gasteiger partial charge >= 0.3 is 5.97 Å². The Labute approximate surface area is 190 Å². The van der Waals surface area contributed by atoms with Gasteiger partial charge in [0, 0.05) is 12.1 Å². The molecule has 0 fully saturated rings. The average molecular weight is 443 g/mol. The van der Waals surface area contributed by atoms with Crippen molar-refractivity contribution in [3.63, 3.8) is 0 Å². The van der Waals surface area contributed by atoms with Crippen molar-refractivity contribution in [2.45, 2.75) is 51.4 Å². The van der Waals surface area contributed by atoms with Crippen molar-refractivity contribution in [1.82, 2.24) is 0 Å². The molecule has 1 atom stereocenters. The monoisotopic (exact) mass is 442 g/mol. The van der Waals surface area contributed by atoms with Crippen molar-refractivity contribution in [1.29, 1.82) is 0 Å². The van der Waals surface area contributed by atoms with E-state index in [2.05, 4.69) is 6.92 Å². The zero-order valence-electron chi connectivity index (χ0n) is 19.5. The number of Topliss-reactive ketones (excluding diaryl/α,β-unsaturated/α-hetero) is 1. The van der Waals surface area contributed by atoms with Crippen molar-refractivity contribution in [2.75, 3.05) is 27.9 Å². The Bertz CT molecular complexity index is 837. The summed E-state index contributed by atoms with van der Waals surface area (Å²) < 4.78 is 21.7. The molecule has 32 heavy (non-hydrogen) atoms. The van der Waals surface area contributed by atoms with Gasteiger partial charge in [-0.25, -0.2) is 0 Å². The van der Waals surface area contributed by atoms with Crippen LogP contribution in [0, 0.1) is 0 Å². The topological polar surface area (TPSA) is 71.1 Å². The van der Waals surface area contributed by atoms with Crippen LogP contribution in [0.1, 0.15) is 67.3 Å². The lowest BCUT2D eigenvalue weighted by molar-refractivity contribution is -0.144. The predicted octanol–water partition coefficient (Wildman–Crippen LogP) is 5.58. The van der Waals surface area contributed by atoms with Crippen LogP contribution in [0.2, 0.25) is 0 Å². The number of benzene rings is 2. The summed E-state index contributed by atoms with van der Waals surface area (Å²) in [7, 11) is 4.43. The molecule has 0 aliphatic carbocycles. The number of esters is 1. The molecule has 2 aromatic carbocycles. The lowest BCUT2D eigenvalue weighted by atomic mass is 9.89. The van der Waals surface area contributed by atoms with E-state index in [0.29, 0.717) is 17.9 Å². The summed E-state index contributed by atoms with van der Waals surface area (Å²) in [6, 6.07) is 12.1. The number of methoxy groups -OCH3 is 3. The highest BCUT2D eigenvalue weighted by Crippen LogP contribution is 2.37. The summed E-state index contributed by atoms with van der Waals surface area (Å²) in [5, 5.41) is 0. The normalized spacial score (nSPS) is 11.5. The Balaban J connectivity index is 2.26. The highest BCUT2D eigenvalue weighted by atomic mass is 16.5. The number of hydrogen-bond donors (Lipinski definition) is 0. The SMILES string of the molecule is CCCCCCCCOC(=O)C(C(=O)c1c(OC)cc(OC)cc1OC)c1ccccc1. The molecule has 2 rings (SSSR count). The Hall–Kier alpha value is -3.02. The number of carbonyl (C=O) groups is 2. The standard InChI is InChI=1S/C26H34O6/c1-5-6-7-8-9-13-16-32-26(28)23(19-14-11-10-12-15-19)25(27)24-21(30-3)17-20(29-2)18-22(24)31-4/h10-12,14-15,17-18,23H,5-9,13,16H2,1-4H3. The molecule has 0 aliphatic heterocycles. The molecule has 6 heteroatoms. The second-order valence-electron chi connectivity index (χ2n) is 7.55. The quantitative estimate of drug-likeness (QED) is 0.165. The van der Waals surface area contributed by atoms with Crippen LogP contribution in [0.5, 0.6) is 17.2 Å². The van der Waals surface area contributed by atoms with Crippen LogP contribution in [0.4, 0.5) is 0 Å². The number of unbranched alkanes of at least 4 members (excludes halogenated alkanes) is 5. The van der Waals surface area contributed by atoms with Gasteiger partial charge < -0.3 is 18.9 Å². The van der Waals surface area contributed by atoms with Gasteiger partial charge in [0.25, 0.3) is 0 Å². The molecule has 0 amide bonds. The summed E-state index contributed by atoms with van der Waals surface area (Å²) in [6.07, 6.45) is 6.49. The zero-order valence-corrected chi connectivity index (χ0v) is 19.5. The molecule has 0 spiro atoms. The van der Waals surface area contributed by atoms with Gasteiger partial charge in [0.1, 0.15) is 28.7 Å². The van der Waals surface area contributed by atoms with Crippen LogP contribution < -0.4 is 14.2 Å². The molecule has 0 bridgehead atoms. The number of ketones is 1. The van der Waals surface area contributed by atoms with Gasteiger partial charge in [-0.3, -0.25) is 9.59 Å². The van der Waals surface area contributed by atoms with Gasteiger partial charge in [-0.05, 0) is 12.0 Å². The third-order valence-electron chi connectivity index (χ3n) is 5.33. The number of hydrogen-bond acceptors (Lipinski definition) is 6. The molecule has 0 radical (unpaired) electrons. The molecule has 0 saturated carbocycles. The van der Waals surface area contributed by atoms with Gasteiger partial charge in [0.05, 0.1) is 27.9 Å². The minimum atomic E-state index is -1.12. The van der Waals surface area contributed by atoms with Gasteiger partial charge in [-0.2, -0.15) is 0 Å². The first-order valence-electron chi connectivity index (χ1n) is 11.1. The summed E-state index contributed by atoms with van der Waals surface area (Å²) in [6.45, 7) is 2.47. The van der Waals surface area contributed by atoms with Gasteiger partial charge in [-0.15, -0.1) is 0 Å². The minimum Gasteiger partial charge on any atom is -0.496 e. The van der Waals surface area contributed by atoms with Crippen LogP contribution in [-0.4, -0.2) is 39.7 Å². The van der Waals surface area contributed by atoms with Gasteiger partial charge in [-0.1, -0.05) is 69.4 Å². The first-order valence-corrected chi connectivity index (χ1v) is 11.1. The van der Waals surface area contributed by atoms with E-state index in [0.717, 1.165) is 19.3 Å². The van der Waals surface area contributed by atoms with E-state index >= 15 is 0 Å². The molecule has 6 nitrogen and oxygen atoms in total. The maximum atomic E-state index is 13.7. The number of carbonyl (C=O) groups excluding carboxylic acids is 2. The second kappa shape index (κ2) is 13.4. The highest BCUT2D eigenvalue weighted by Gasteiger charge is 2.35. The Morgan fingerprint density at radius 3 is 1.97 bits per heavy atom. The molecular formula is C26H34O6. The lowest BCUT2D eigenvalue weighted by Gasteiger charge is -2.19. The van der Waals surface area contributed by atoms with Crippen molar-refractivity contribution >= 4 is 11.8 Å². The fourth-order valence-electron chi connectivity index (χ4n) is 3.57. The van der Waals surface area contributed by atoms with Crippen LogP contribution in [0.25, 0.3) is 0 Å². The number of ether oxygens (including phenoxy) is 4. The zero-order chi connectivity index (χ0) is 23.3. The summed E-state index contributed by atoms with van der Waals surface area (Å²) >= 11 is 0. The molecule has 0 N–H and O–H groups in total. The molecule has 174 valence electrons. The Morgan fingerprint density at radius 2 is 1.41 bits per heavy atom. The summed E-state index contributed by atoms with van der Waals surface area (Å²) in [5.74, 6) is -1.11. The van der Waals surface area contributed by atoms with E-state index in [1.54, 1.807) is 36.4 Å². The maximum absolute atomic E-state index is 13.7. The smallest absolute Gasteiger partial charge is 0.321 e. The third kappa shape index (κ3) is 6.74. The van der Waals surface area contributed by atoms with E-state index in [-0.39, 0.29) is 17.1 Å². The predicted molar refractivity (Wildman–Crippen MR) is 124 cm³/mol. The largest absolute Gasteiger partial charge is 0.496 e. The first-order chi connectivity index (χ1) is 15.6. The van der Waals surface area contributed by atoms with E-state index in [1.165, 1.54) is 40.6 Å². The van der Waals surface area contributed by atoms with Crippen molar-refractivity contribution in [3.8, 4) is 17.2 Å². The average Bonchev–Trinajstić information content (AvgIpc) is 2.83. The van der Waals surface area contributed by atoms with Crippen molar-refractivity contribution in [2.24, 2.45) is 0 Å². The van der Waals surface area contributed by atoms with Crippen molar-refractivity contribution < 1.29 is 28.5 Å². The molecule has 0 aromatic heterocycles. The van der Waals surface area contributed by atoms with E-state index in [9.17, 15) is 9.59 Å². The Morgan fingerprint density at radius 1 is 0.812 bits per heavy atom. The molecular weight excluding hydrogens is 408 g/mol. The van der Waals surface area contributed by atoms with Crippen LogP contribution in [-0.2, 0) is 9.53 Å². The fourth-order valence-corrected chi connectivity index (χ4v) is 3.57. The van der Waals surface area contributed by atoms with E-state index in [4.69, 9.17) is 18.9 Å². The molecule has 0 heterocycles. The van der Waals surface area contributed by atoms with Crippen molar-refractivity contribution in [3.05, 3.63) is 53.6 Å². The summed E-state index contributed by atoms with van der Waals surface area (Å²) in [4.78, 5) is 26.7. The lowest BCUT2D eigenvalue weighted by Crippen LogP contribution is -2.25. The van der Waals surface area contributed by atoms with Gasteiger partial charge in [0.15, 0.2) is 5.78 Å². The summed E-state index contributed by atoms with van der Waals surface area (Å²) in [5.41, 5.74) is 0.742. The molecule has 2 aromatic rings.